The summed E-state index contributed by atoms with van der Waals surface area (Å²) in [5.41, 5.74) is 9.45. The largest absolute Gasteiger partial charge is 0.378 e. The van der Waals surface area contributed by atoms with Crippen LogP contribution in [-0.2, 0) is 6.54 Å². The normalized spacial score (nSPS) is 10.9. The molecule has 0 bridgehead atoms. The number of hydrogen-bond acceptors (Lipinski definition) is 4. The van der Waals surface area contributed by atoms with Gasteiger partial charge in [0.1, 0.15) is 0 Å². The fourth-order valence-electron chi connectivity index (χ4n) is 1.68. The first-order chi connectivity index (χ1) is 9.19. The SMILES string of the molecule is CN(C)c1ccc(N=Nc2cccc(CN)c2)cc1. The van der Waals surface area contributed by atoms with Gasteiger partial charge in [-0.2, -0.15) is 10.2 Å². The maximum atomic E-state index is 5.59. The summed E-state index contributed by atoms with van der Waals surface area (Å²) in [5.74, 6) is 0. The van der Waals surface area contributed by atoms with Gasteiger partial charge in [-0.05, 0) is 42.0 Å². The van der Waals surface area contributed by atoms with Crippen molar-refractivity contribution >= 4 is 17.1 Å². The standard InChI is InChI=1S/C15H18N4/c1-19(2)15-8-6-13(7-9-15)17-18-14-5-3-4-12(10-14)11-16/h3-10H,11,16H2,1-2H3. The van der Waals surface area contributed by atoms with Crippen LogP contribution in [0.4, 0.5) is 17.1 Å². The highest BCUT2D eigenvalue weighted by molar-refractivity contribution is 5.52. The molecular weight excluding hydrogens is 236 g/mol. The summed E-state index contributed by atoms with van der Waals surface area (Å²) in [6, 6.07) is 15.7. The summed E-state index contributed by atoms with van der Waals surface area (Å²) in [5, 5.41) is 8.43. The molecule has 0 atom stereocenters. The molecule has 2 aromatic carbocycles. The monoisotopic (exact) mass is 254 g/mol. The van der Waals surface area contributed by atoms with Gasteiger partial charge in [-0.3, -0.25) is 0 Å². The average molecular weight is 254 g/mol. The van der Waals surface area contributed by atoms with Gasteiger partial charge in [-0.1, -0.05) is 12.1 Å². The van der Waals surface area contributed by atoms with Crippen LogP contribution in [0.3, 0.4) is 0 Å². The van der Waals surface area contributed by atoms with Crippen molar-refractivity contribution < 1.29 is 0 Å². The number of rotatable bonds is 4. The lowest BCUT2D eigenvalue weighted by Crippen LogP contribution is -2.07. The number of nitrogens with zero attached hydrogens (tertiary/aromatic N) is 3. The van der Waals surface area contributed by atoms with Gasteiger partial charge in [-0.25, -0.2) is 0 Å². The molecule has 2 N–H and O–H groups in total. The van der Waals surface area contributed by atoms with Gasteiger partial charge in [0.25, 0.3) is 0 Å². The molecule has 0 aromatic heterocycles. The van der Waals surface area contributed by atoms with E-state index in [0.717, 1.165) is 22.6 Å². The lowest BCUT2D eigenvalue weighted by Gasteiger charge is -2.11. The molecule has 0 spiro atoms. The second-order valence-corrected chi connectivity index (χ2v) is 4.48. The van der Waals surface area contributed by atoms with Crippen LogP contribution in [0.25, 0.3) is 0 Å². The highest BCUT2D eigenvalue weighted by Crippen LogP contribution is 2.21. The number of hydrogen-bond donors (Lipinski definition) is 1. The Kier molecular flexibility index (Phi) is 4.26. The number of benzene rings is 2. The first-order valence-corrected chi connectivity index (χ1v) is 6.17. The van der Waals surface area contributed by atoms with Gasteiger partial charge in [0, 0.05) is 26.3 Å². The zero-order valence-electron chi connectivity index (χ0n) is 11.2. The van der Waals surface area contributed by atoms with E-state index < -0.39 is 0 Å². The topological polar surface area (TPSA) is 54.0 Å². The minimum Gasteiger partial charge on any atom is -0.378 e. The third kappa shape index (κ3) is 3.63. The van der Waals surface area contributed by atoms with E-state index in [1.807, 2.05) is 67.5 Å². The van der Waals surface area contributed by atoms with Crippen molar-refractivity contribution in [3.63, 3.8) is 0 Å². The van der Waals surface area contributed by atoms with Crippen molar-refractivity contribution in [2.24, 2.45) is 16.0 Å². The van der Waals surface area contributed by atoms with Crippen LogP contribution in [0.1, 0.15) is 5.56 Å². The maximum absolute atomic E-state index is 5.59. The summed E-state index contributed by atoms with van der Waals surface area (Å²) >= 11 is 0. The highest BCUT2D eigenvalue weighted by Gasteiger charge is 1.96. The van der Waals surface area contributed by atoms with Crippen molar-refractivity contribution in [2.45, 2.75) is 6.54 Å². The molecule has 0 radical (unpaired) electrons. The predicted octanol–water partition coefficient (Wildman–Crippen LogP) is 3.63. The molecular formula is C15H18N4. The van der Waals surface area contributed by atoms with E-state index >= 15 is 0 Å². The maximum Gasteiger partial charge on any atom is 0.0860 e. The van der Waals surface area contributed by atoms with E-state index in [1.54, 1.807) is 0 Å². The van der Waals surface area contributed by atoms with E-state index in [0.29, 0.717) is 6.54 Å². The Morgan fingerprint density at radius 2 is 1.63 bits per heavy atom. The van der Waals surface area contributed by atoms with Crippen molar-refractivity contribution in [3.8, 4) is 0 Å². The molecule has 19 heavy (non-hydrogen) atoms. The van der Waals surface area contributed by atoms with Crippen LogP contribution in [0.2, 0.25) is 0 Å². The van der Waals surface area contributed by atoms with Crippen LogP contribution < -0.4 is 10.6 Å². The molecule has 0 aliphatic heterocycles. The molecule has 0 aliphatic rings. The zero-order chi connectivity index (χ0) is 13.7. The van der Waals surface area contributed by atoms with Gasteiger partial charge in [-0.15, -0.1) is 0 Å². The lowest BCUT2D eigenvalue weighted by molar-refractivity contribution is 1.07. The molecule has 4 nitrogen and oxygen atoms in total. The molecule has 2 aromatic rings. The summed E-state index contributed by atoms with van der Waals surface area (Å²) in [7, 11) is 4.02. The molecule has 0 saturated carbocycles. The Hall–Kier alpha value is -2.20. The molecule has 2 rings (SSSR count). The van der Waals surface area contributed by atoms with E-state index in [-0.39, 0.29) is 0 Å². The quantitative estimate of drug-likeness (QED) is 0.847. The highest BCUT2D eigenvalue weighted by atomic mass is 15.1. The fourth-order valence-corrected chi connectivity index (χ4v) is 1.68. The van der Waals surface area contributed by atoms with Gasteiger partial charge >= 0.3 is 0 Å². The van der Waals surface area contributed by atoms with Gasteiger partial charge in [0.15, 0.2) is 0 Å². The van der Waals surface area contributed by atoms with Gasteiger partial charge in [0.2, 0.25) is 0 Å². The molecule has 98 valence electrons. The molecule has 0 heterocycles. The summed E-state index contributed by atoms with van der Waals surface area (Å²) in [6.07, 6.45) is 0. The Balaban J connectivity index is 2.13. The summed E-state index contributed by atoms with van der Waals surface area (Å²) in [4.78, 5) is 2.05. The Morgan fingerprint density at radius 3 is 2.26 bits per heavy atom. The van der Waals surface area contributed by atoms with Crippen LogP contribution >= 0.6 is 0 Å². The van der Waals surface area contributed by atoms with Gasteiger partial charge < -0.3 is 10.6 Å². The number of nitrogens with two attached hydrogens (primary N) is 1. The zero-order valence-corrected chi connectivity index (χ0v) is 11.2. The number of azo groups is 1. The van der Waals surface area contributed by atoms with Crippen molar-refractivity contribution in [3.05, 3.63) is 54.1 Å². The average Bonchev–Trinajstić information content (AvgIpc) is 2.46. The Morgan fingerprint density at radius 1 is 0.947 bits per heavy atom. The minimum absolute atomic E-state index is 0.515. The van der Waals surface area contributed by atoms with Crippen LogP contribution in [0.5, 0.6) is 0 Å². The smallest absolute Gasteiger partial charge is 0.0860 e. The van der Waals surface area contributed by atoms with E-state index in [2.05, 4.69) is 10.2 Å². The third-order valence-corrected chi connectivity index (χ3v) is 2.79. The van der Waals surface area contributed by atoms with Crippen LogP contribution in [-0.4, -0.2) is 14.1 Å². The van der Waals surface area contributed by atoms with Crippen molar-refractivity contribution in [2.75, 3.05) is 19.0 Å². The predicted molar refractivity (Wildman–Crippen MR) is 79.3 cm³/mol. The summed E-state index contributed by atoms with van der Waals surface area (Å²) < 4.78 is 0. The van der Waals surface area contributed by atoms with E-state index in [4.69, 9.17) is 5.73 Å². The molecule has 0 aliphatic carbocycles. The van der Waals surface area contributed by atoms with Gasteiger partial charge in [0.05, 0.1) is 11.4 Å². The van der Waals surface area contributed by atoms with Crippen molar-refractivity contribution in [1.82, 2.24) is 0 Å². The molecule has 4 heteroatoms. The van der Waals surface area contributed by atoms with Crippen LogP contribution in [0.15, 0.2) is 58.8 Å². The fraction of sp³-hybridized carbons (Fsp3) is 0.200. The lowest BCUT2D eigenvalue weighted by atomic mass is 10.2. The molecule has 0 saturated heterocycles. The first-order valence-electron chi connectivity index (χ1n) is 6.17. The Labute approximate surface area is 113 Å². The first kappa shape index (κ1) is 13.2. The third-order valence-electron chi connectivity index (χ3n) is 2.79. The second-order valence-electron chi connectivity index (χ2n) is 4.48. The Bertz CT molecular complexity index is 559. The molecule has 0 unspecified atom stereocenters. The van der Waals surface area contributed by atoms with E-state index in [9.17, 15) is 0 Å². The summed E-state index contributed by atoms with van der Waals surface area (Å²) in [6.45, 7) is 0.515. The molecule has 0 fully saturated rings. The second kappa shape index (κ2) is 6.11. The van der Waals surface area contributed by atoms with Crippen molar-refractivity contribution in [1.29, 1.82) is 0 Å². The van der Waals surface area contributed by atoms with E-state index in [1.165, 1.54) is 0 Å². The minimum atomic E-state index is 0.515. The van der Waals surface area contributed by atoms with Crippen LogP contribution in [0, 0.1) is 0 Å². The number of anilines is 1. The molecule has 0 amide bonds.